The summed E-state index contributed by atoms with van der Waals surface area (Å²) in [6.07, 6.45) is 5.84. The fourth-order valence-corrected chi connectivity index (χ4v) is 2.94. The first-order chi connectivity index (χ1) is 8.75. The zero-order chi connectivity index (χ0) is 12.5. The largest absolute Gasteiger partial charge is 0.316 e. The fourth-order valence-electron chi connectivity index (χ4n) is 2.70. The van der Waals surface area contributed by atoms with Gasteiger partial charge in [-0.1, -0.05) is 24.1 Å². The summed E-state index contributed by atoms with van der Waals surface area (Å²) in [6.45, 7) is 4.22. The molecule has 3 nitrogen and oxygen atoms in total. The average molecular weight is 264 g/mol. The molecule has 1 aliphatic rings. The zero-order valence-corrected chi connectivity index (χ0v) is 11.4. The lowest BCUT2D eigenvalue weighted by atomic mass is 10.0. The predicted octanol–water partition coefficient (Wildman–Crippen LogP) is 3.15. The molecule has 1 unspecified atom stereocenters. The van der Waals surface area contributed by atoms with Gasteiger partial charge in [0.2, 0.25) is 0 Å². The molecule has 3 rings (SSSR count). The standard InChI is InChI=1S/C14H18ClN3/c1-10-5-6-12-13(15)17-14(18(12)9-10)11-4-2-3-7-16-8-11/h5-6,9,11,16H,2-4,7-8H2,1H3. The van der Waals surface area contributed by atoms with Crippen LogP contribution in [0.5, 0.6) is 0 Å². The van der Waals surface area contributed by atoms with Gasteiger partial charge in [-0.2, -0.15) is 0 Å². The normalized spacial score (nSPS) is 21.1. The molecule has 1 atom stereocenters. The highest BCUT2D eigenvalue weighted by Crippen LogP contribution is 2.27. The second kappa shape index (κ2) is 4.90. The van der Waals surface area contributed by atoms with Crippen molar-refractivity contribution in [1.29, 1.82) is 0 Å². The van der Waals surface area contributed by atoms with Crippen molar-refractivity contribution < 1.29 is 0 Å². The Bertz CT molecular complexity index is 553. The second-order valence-electron chi connectivity index (χ2n) is 5.12. The molecule has 3 heterocycles. The average Bonchev–Trinajstić information content (AvgIpc) is 2.58. The molecule has 0 bridgehead atoms. The van der Waals surface area contributed by atoms with E-state index in [9.17, 15) is 0 Å². The molecule has 0 saturated carbocycles. The molecular weight excluding hydrogens is 246 g/mol. The molecule has 0 spiro atoms. The minimum absolute atomic E-state index is 0.467. The Morgan fingerprint density at radius 3 is 3.17 bits per heavy atom. The Labute approximate surface area is 112 Å². The maximum Gasteiger partial charge on any atom is 0.155 e. The number of rotatable bonds is 1. The molecule has 1 fully saturated rings. The van der Waals surface area contributed by atoms with Gasteiger partial charge in [-0.25, -0.2) is 4.98 Å². The molecule has 18 heavy (non-hydrogen) atoms. The van der Waals surface area contributed by atoms with Crippen LogP contribution in [0.3, 0.4) is 0 Å². The number of nitrogens with zero attached hydrogens (tertiary/aromatic N) is 2. The number of fused-ring (bicyclic) bond motifs is 1. The summed E-state index contributed by atoms with van der Waals surface area (Å²) >= 11 is 6.24. The number of hydrogen-bond donors (Lipinski definition) is 1. The van der Waals surface area contributed by atoms with Crippen LogP contribution in [0.1, 0.15) is 36.6 Å². The van der Waals surface area contributed by atoms with Crippen LogP contribution < -0.4 is 5.32 Å². The molecule has 1 N–H and O–H groups in total. The summed E-state index contributed by atoms with van der Waals surface area (Å²) in [5.41, 5.74) is 2.25. The summed E-state index contributed by atoms with van der Waals surface area (Å²) in [5.74, 6) is 1.57. The highest BCUT2D eigenvalue weighted by molar-refractivity contribution is 6.32. The van der Waals surface area contributed by atoms with Gasteiger partial charge in [0.15, 0.2) is 5.15 Å². The van der Waals surface area contributed by atoms with Gasteiger partial charge in [0.05, 0.1) is 5.52 Å². The smallest absolute Gasteiger partial charge is 0.155 e. The first kappa shape index (κ1) is 12.0. The van der Waals surface area contributed by atoms with E-state index in [1.54, 1.807) is 0 Å². The number of pyridine rings is 1. The van der Waals surface area contributed by atoms with Gasteiger partial charge in [-0.3, -0.25) is 0 Å². The van der Waals surface area contributed by atoms with Crippen molar-refractivity contribution >= 4 is 17.1 Å². The molecule has 0 aromatic carbocycles. The first-order valence-corrected chi connectivity index (χ1v) is 6.98. The number of aryl methyl sites for hydroxylation is 1. The third-order valence-electron chi connectivity index (χ3n) is 3.68. The lowest BCUT2D eigenvalue weighted by Crippen LogP contribution is -2.20. The van der Waals surface area contributed by atoms with E-state index in [2.05, 4.69) is 40.0 Å². The van der Waals surface area contributed by atoms with E-state index in [0.29, 0.717) is 11.1 Å². The minimum Gasteiger partial charge on any atom is -0.316 e. The Kier molecular flexibility index (Phi) is 3.27. The molecule has 2 aromatic rings. The van der Waals surface area contributed by atoms with Gasteiger partial charge in [-0.15, -0.1) is 0 Å². The highest BCUT2D eigenvalue weighted by atomic mass is 35.5. The van der Waals surface area contributed by atoms with Gasteiger partial charge in [0, 0.05) is 18.7 Å². The maximum absolute atomic E-state index is 6.24. The molecule has 1 aliphatic heterocycles. The molecular formula is C14H18ClN3. The van der Waals surface area contributed by atoms with Crippen molar-refractivity contribution in [3.05, 3.63) is 34.9 Å². The number of aromatic nitrogens is 2. The summed E-state index contributed by atoms with van der Waals surface area (Å²) in [6, 6.07) is 4.14. The van der Waals surface area contributed by atoms with E-state index in [1.807, 2.05) is 0 Å². The topological polar surface area (TPSA) is 29.3 Å². The van der Waals surface area contributed by atoms with Crippen LogP contribution in [0.2, 0.25) is 5.15 Å². The maximum atomic E-state index is 6.24. The fraction of sp³-hybridized carbons (Fsp3) is 0.500. The Balaban J connectivity index is 2.07. The van der Waals surface area contributed by atoms with Crippen molar-refractivity contribution in [3.63, 3.8) is 0 Å². The molecule has 4 heteroatoms. The van der Waals surface area contributed by atoms with Crippen LogP contribution >= 0.6 is 11.6 Å². The minimum atomic E-state index is 0.467. The molecule has 0 radical (unpaired) electrons. The monoisotopic (exact) mass is 263 g/mol. The van der Waals surface area contributed by atoms with Crippen molar-refractivity contribution in [2.45, 2.75) is 32.1 Å². The highest BCUT2D eigenvalue weighted by Gasteiger charge is 2.20. The number of hydrogen-bond acceptors (Lipinski definition) is 2. The van der Waals surface area contributed by atoms with Gasteiger partial charge >= 0.3 is 0 Å². The van der Waals surface area contributed by atoms with E-state index in [0.717, 1.165) is 24.4 Å². The van der Waals surface area contributed by atoms with Crippen LogP contribution in [0.4, 0.5) is 0 Å². The molecule has 2 aromatic heterocycles. The van der Waals surface area contributed by atoms with Crippen LogP contribution in [0.15, 0.2) is 18.3 Å². The van der Waals surface area contributed by atoms with Crippen molar-refractivity contribution in [2.75, 3.05) is 13.1 Å². The van der Waals surface area contributed by atoms with Crippen molar-refractivity contribution in [3.8, 4) is 0 Å². The van der Waals surface area contributed by atoms with Crippen LogP contribution in [0.25, 0.3) is 5.52 Å². The molecule has 0 amide bonds. The summed E-state index contributed by atoms with van der Waals surface area (Å²) in [7, 11) is 0. The lowest BCUT2D eigenvalue weighted by Gasteiger charge is -2.13. The molecule has 0 aliphatic carbocycles. The number of nitrogens with one attached hydrogen (secondary N) is 1. The molecule has 96 valence electrons. The summed E-state index contributed by atoms with van der Waals surface area (Å²) in [5, 5.41) is 4.11. The van der Waals surface area contributed by atoms with E-state index in [1.165, 1.54) is 24.8 Å². The second-order valence-corrected chi connectivity index (χ2v) is 5.48. The van der Waals surface area contributed by atoms with E-state index in [-0.39, 0.29) is 0 Å². The third kappa shape index (κ3) is 2.13. The quantitative estimate of drug-likeness (QED) is 0.856. The van der Waals surface area contributed by atoms with Crippen molar-refractivity contribution in [1.82, 2.24) is 14.7 Å². The van der Waals surface area contributed by atoms with E-state index >= 15 is 0 Å². The summed E-state index contributed by atoms with van der Waals surface area (Å²) < 4.78 is 2.16. The SMILES string of the molecule is Cc1ccc2c(Cl)nc(C3CCCCNC3)n2c1. The number of halogens is 1. The van der Waals surface area contributed by atoms with Gasteiger partial charge in [0.1, 0.15) is 5.82 Å². The van der Waals surface area contributed by atoms with Gasteiger partial charge in [0.25, 0.3) is 0 Å². The number of imidazole rings is 1. The van der Waals surface area contributed by atoms with Crippen LogP contribution in [0, 0.1) is 6.92 Å². The Morgan fingerprint density at radius 1 is 1.39 bits per heavy atom. The Morgan fingerprint density at radius 2 is 2.28 bits per heavy atom. The van der Waals surface area contributed by atoms with Gasteiger partial charge < -0.3 is 9.72 Å². The zero-order valence-electron chi connectivity index (χ0n) is 10.6. The lowest BCUT2D eigenvalue weighted by molar-refractivity contribution is 0.576. The first-order valence-electron chi connectivity index (χ1n) is 6.60. The van der Waals surface area contributed by atoms with Gasteiger partial charge in [-0.05, 0) is 37.9 Å². The van der Waals surface area contributed by atoms with E-state index < -0.39 is 0 Å². The predicted molar refractivity (Wildman–Crippen MR) is 74.4 cm³/mol. The molecule has 1 saturated heterocycles. The summed E-state index contributed by atoms with van der Waals surface area (Å²) in [4.78, 5) is 4.58. The van der Waals surface area contributed by atoms with Crippen molar-refractivity contribution in [2.24, 2.45) is 0 Å². The third-order valence-corrected chi connectivity index (χ3v) is 3.96. The van der Waals surface area contributed by atoms with E-state index in [4.69, 9.17) is 11.6 Å². The van der Waals surface area contributed by atoms with Crippen LogP contribution in [-0.2, 0) is 0 Å². The Hall–Kier alpha value is -1.06. The van der Waals surface area contributed by atoms with Crippen LogP contribution in [-0.4, -0.2) is 22.5 Å².